The number of H-pyrrole nitrogens is 1. The van der Waals surface area contributed by atoms with E-state index < -0.39 is 0 Å². The Morgan fingerprint density at radius 2 is 1.81 bits per heavy atom. The summed E-state index contributed by atoms with van der Waals surface area (Å²) in [5, 5.41) is 4.24. The number of amides is 1. The fraction of sp³-hybridized carbons (Fsp3) is 0.346. The third-order valence-electron chi connectivity index (χ3n) is 6.66. The Labute approximate surface area is 195 Å². The predicted octanol–water partition coefficient (Wildman–Crippen LogP) is 5.35. The fourth-order valence-corrected chi connectivity index (χ4v) is 4.78. The number of nitrogens with one attached hydrogen (secondary N) is 2. The van der Waals surface area contributed by atoms with Crippen LogP contribution in [0.5, 0.6) is 0 Å². The van der Waals surface area contributed by atoms with E-state index in [1.54, 1.807) is 6.08 Å². The number of carbonyl (C=O) groups excluding carboxylic acids is 1. The lowest BCUT2D eigenvalue weighted by molar-refractivity contribution is -0.116. The summed E-state index contributed by atoms with van der Waals surface area (Å²) in [4.78, 5) is 18.0. The molecule has 0 spiro atoms. The van der Waals surface area contributed by atoms with E-state index in [0.717, 1.165) is 43.2 Å². The number of allylic oxidation sites excluding steroid dienone is 1. The summed E-state index contributed by atoms with van der Waals surface area (Å²) in [5.74, 6) is -0.229. The van der Waals surface area contributed by atoms with E-state index in [1.807, 2.05) is 30.5 Å². The van der Waals surface area contributed by atoms with E-state index in [2.05, 4.69) is 41.4 Å². The van der Waals surface area contributed by atoms with E-state index in [-0.39, 0.29) is 29.7 Å². The maximum Gasteiger partial charge on any atom is 0.243 e. The summed E-state index contributed by atoms with van der Waals surface area (Å²) in [6.45, 7) is 0.613. The first-order chi connectivity index (χ1) is 15.0. The predicted molar refractivity (Wildman–Crippen MR) is 131 cm³/mol. The average Bonchev–Trinajstić information content (AvgIpc) is 3.18. The largest absolute Gasteiger partial charge is 0.361 e. The zero-order valence-electron chi connectivity index (χ0n) is 18.7. The van der Waals surface area contributed by atoms with Gasteiger partial charge >= 0.3 is 0 Å². The summed E-state index contributed by atoms with van der Waals surface area (Å²) in [6.07, 6.45) is 8.16. The molecule has 2 N–H and O–H groups in total. The van der Waals surface area contributed by atoms with Crippen LogP contribution in [0, 0.1) is 5.82 Å². The number of carbonyl (C=O) groups is 1. The van der Waals surface area contributed by atoms with Gasteiger partial charge in [0.1, 0.15) is 5.82 Å². The van der Waals surface area contributed by atoms with Crippen LogP contribution in [0.2, 0.25) is 0 Å². The smallest absolute Gasteiger partial charge is 0.243 e. The molecule has 0 atom stereocenters. The maximum atomic E-state index is 13.4. The van der Waals surface area contributed by atoms with Gasteiger partial charge in [-0.3, -0.25) is 9.69 Å². The highest BCUT2D eigenvalue weighted by Gasteiger charge is 2.37. The zero-order chi connectivity index (χ0) is 21.8. The van der Waals surface area contributed by atoms with E-state index in [1.165, 1.54) is 28.7 Å². The number of fused-ring (bicyclic) bond motifs is 1. The minimum absolute atomic E-state index is 0. The molecule has 2 aromatic carbocycles. The highest BCUT2D eigenvalue weighted by Crippen LogP contribution is 2.42. The molecule has 0 radical (unpaired) electrons. The normalized spacial score (nSPS) is 18.4. The van der Waals surface area contributed by atoms with Crippen molar-refractivity contribution in [3.8, 4) is 0 Å². The molecule has 0 bridgehead atoms. The monoisotopic (exact) mass is 455 g/mol. The summed E-state index contributed by atoms with van der Waals surface area (Å²) < 4.78 is 13.4. The van der Waals surface area contributed by atoms with E-state index in [4.69, 9.17) is 0 Å². The number of hydrogen-bond donors (Lipinski definition) is 2. The second kappa shape index (κ2) is 10.3. The van der Waals surface area contributed by atoms with Crippen molar-refractivity contribution in [2.75, 3.05) is 20.6 Å². The Morgan fingerprint density at radius 3 is 2.50 bits per heavy atom. The van der Waals surface area contributed by atoms with Crippen LogP contribution in [0.3, 0.4) is 0 Å². The quantitative estimate of drug-likeness (QED) is 0.492. The van der Waals surface area contributed by atoms with Crippen molar-refractivity contribution in [2.24, 2.45) is 0 Å². The Bertz CT molecular complexity index is 1080. The number of rotatable bonds is 6. The van der Waals surface area contributed by atoms with Crippen LogP contribution in [0.15, 0.2) is 66.4 Å². The van der Waals surface area contributed by atoms with E-state index >= 15 is 0 Å². The molecule has 170 valence electrons. The van der Waals surface area contributed by atoms with Crippen LogP contribution in [0.4, 0.5) is 4.39 Å². The van der Waals surface area contributed by atoms with Crippen molar-refractivity contribution < 1.29 is 9.18 Å². The summed E-state index contributed by atoms with van der Waals surface area (Å²) in [6, 6.07) is 15.1. The second-order valence-electron chi connectivity index (χ2n) is 8.64. The third kappa shape index (κ3) is 5.05. The Kier molecular flexibility index (Phi) is 7.75. The molecule has 32 heavy (non-hydrogen) atoms. The average molecular weight is 456 g/mol. The minimum atomic E-state index is -0.210. The molecule has 1 fully saturated rings. The van der Waals surface area contributed by atoms with E-state index in [0.29, 0.717) is 6.54 Å². The van der Waals surface area contributed by atoms with Gasteiger partial charge in [-0.1, -0.05) is 35.9 Å². The lowest BCUT2D eigenvalue weighted by Gasteiger charge is -2.44. The molecule has 1 amide bonds. The molecule has 1 saturated carbocycles. The molecule has 3 aromatic rings. The molecule has 6 heteroatoms. The SMILES string of the molecule is CN(C)C1(c2ccc(F)cc2)CCC(=CC(=O)NCCc2c[nH]c3ccccc23)CC1.Cl. The standard InChI is InChI=1S/C26H30FN3O.ClH/c1-30(2)26(21-7-9-22(27)10-8-21)14-11-19(12-15-26)17-25(31)28-16-13-20-18-29-24-6-4-3-5-23(20)24;/h3-10,17-18,29H,11-16H2,1-2H3,(H,28,31);1H. The van der Waals surface area contributed by atoms with E-state index in [9.17, 15) is 9.18 Å². The highest BCUT2D eigenvalue weighted by molar-refractivity contribution is 5.88. The van der Waals surface area contributed by atoms with Gasteiger partial charge in [-0.15, -0.1) is 12.4 Å². The van der Waals surface area contributed by atoms with Crippen LogP contribution in [0.25, 0.3) is 10.9 Å². The fourth-order valence-electron chi connectivity index (χ4n) is 4.78. The molecule has 0 aliphatic heterocycles. The number of nitrogens with zero attached hydrogens (tertiary/aromatic N) is 1. The van der Waals surface area contributed by atoms with Crippen LogP contribution in [-0.2, 0) is 16.8 Å². The Morgan fingerprint density at radius 1 is 1.12 bits per heavy atom. The second-order valence-corrected chi connectivity index (χ2v) is 8.64. The Balaban J connectivity index is 0.00000289. The number of aromatic nitrogens is 1. The molecule has 0 saturated heterocycles. The van der Waals surface area contributed by atoms with Gasteiger partial charge in [0.2, 0.25) is 5.91 Å². The van der Waals surface area contributed by atoms with Gasteiger partial charge in [0.15, 0.2) is 0 Å². The molecular weight excluding hydrogens is 425 g/mol. The number of halogens is 2. The molecule has 0 unspecified atom stereocenters. The lowest BCUT2D eigenvalue weighted by Crippen LogP contribution is -2.43. The van der Waals surface area contributed by atoms with Gasteiger partial charge in [-0.25, -0.2) is 4.39 Å². The Hall–Kier alpha value is -2.63. The van der Waals surface area contributed by atoms with Gasteiger partial charge < -0.3 is 10.3 Å². The van der Waals surface area contributed by atoms with Crippen LogP contribution < -0.4 is 5.32 Å². The summed E-state index contributed by atoms with van der Waals surface area (Å²) in [5.41, 5.74) is 4.55. The first kappa shape index (κ1) is 24.0. The van der Waals surface area contributed by atoms with Gasteiger partial charge in [0.05, 0.1) is 0 Å². The topological polar surface area (TPSA) is 48.1 Å². The van der Waals surface area contributed by atoms with Crippen molar-refractivity contribution >= 4 is 29.2 Å². The first-order valence-corrected chi connectivity index (χ1v) is 10.9. The maximum absolute atomic E-state index is 13.4. The van der Waals surface area contributed by atoms with Crippen LogP contribution in [0.1, 0.15) is 36.8 Å². The van der Waals surface area contributed by atoms with Crippen molar-refractivity contribution in [1.82, 2.24) is 15.2 Å². The van der Waals surface area contributed by atoms with Gasteiger partial charge in [-0.05, 0) is 75.5 Å². The first-order valence-electron chi connectivity index (χ1n) is 10.9. The van der Waals surface area contributed by atoms with Crippen molar-refractivity contribution in [3.05, 3.63) is 83.3 Å². The molecular formula is C26H31ClFN3O. The van der Waals surface area contributed by atoms with Gasteiger partial charge in [0, 0.05) is 35.3 Å². The number of para-hydroxylation sites is 1. The zero-order valence-corrected chi connectivity index (χ0v) is 19.5. The number of benzene rings is 2. The van der Waals surface area contributed by atoms with Gasteiger partial charge in [-0.2, -0.15) is 0 Å². The summed E-state index contributed by atoms with van der Waals surface area (Å²) >= 11 is 0. The van der Waals surface area contributed by atoms with Crippen molar-refractivity contribution in [1.29, 1.82) is 0 Å². The minimum Gasteiger partial charge on any atom is -0.361 e. The molecule has 1 aliphatic carbocycles. The summed E-state index contributed by atoms with van der Waals surface area (Å²) in [7, 11) is 4.16. The van der Waals surface area contributed by atoms with Crippen LogP contribution >= 0.6 is 12.4 Å². The van der Waals surface area contributed by atoms with Crippen molar-refractivity contribution in [2.45, 2.75) is 37.6 Å². The lowest BCUT2D eigenvalue weighted by atomic mass is 9.74. The molecule has 4 rings (SSSR count). The van der Waals surface area contributed by atoms with Gasteiger partial charge in [0.25, 0.3) is 0 Å². The third-order valence-corrected chi connectivity index (χ3v) is 6.66. The highest BCUT2D eigenvalue weighted by atomic mass is 35.5. The van der Waals surface area contributed by atoms with Crippen molar-refractivity contribution in [3.63, 3.8) is 0 Å². The molecule has 4 nitrogen and oxygen atoms in total. The molecule has 1 heterocycles. The molecule has 1 aromatic heterocycles. The van der Waals surface area contributed by atoms with Crippen LogP contribution in [-0.4, -0.2) is 36.4 Å². The number of hydrogen-bond acceptors (Lipinski definition) is 2. The molecule has 1 aliphatic rings. The number of aromatic amines is 1.